The molecular weight excluding hydrogens is 363 g/mol. The van der Waals surface area contributed by atoms with Crippen molar-refractivity contribution < 1.29 is 27.3 Å². The first-order valence-corrected chi connectivity index (χ1v) is 8.32. The fourth-order valence-corrected chi connectivity index (χ4v) is 2.83. The summed E-state index contributed by atoms with van der Waals surface area (Å²) in [5, 5.41) is 6.31. The zero-order valence-corrected chi connectivity index (χ0v) is 15.0. The average molecular weight is 381 g/mol. The van der Waals surface area contributed by atoms with Crippen LogP contribution in [0, 0.1) is 17.5 Å². The quantitative estimate of drug-likeness (QED) is 0.826. The number of nitrogens with zero attached hydrogens (tertiary/aromatic N) is 2. The van der Waals surface area contributed by atoms with Gasteiger partial charge in [-0.2, -0.15) is 0 Å². The van der Waals surface area contributed by atoms with Crippen LogP contribution >= 0.6 is 0 Å². The lowest BCUT2D eigenvalue weighted by molar-refractivity contribution is -0.120. The molecule has 1 saturated heterocycles. The Kier molecular flexibility index (Phi) is 4.71. The van der Waals surface area contributed by atoms with Crippen LogP contribution in [-0.4, -0.2) is 23.0 Å². The Bertz CT molecular complexity index is 882. The van der Waals surface area contributed by atoms with Gasteiger partial charge in [0.15, 0.2) is 23.3 Å². The van der Waals surface area contributed by atoms with Gasteiger partial charge in [0.05, 0.1) is 5.69 Å². The van der Waals surface area contributed by atoms with Crippen LogP contribution in [0.15, 0.2) is 22.7 Å². The molecule has 9 heteroatoms. The summed E-state index contributed by atoms with van der Waals surface area (Å²) >= 11 is 0. The van der Waals surface area contributed by atoms with E-state index >= 15 is 0 Å². The maximum absolute atomic E-state index is 13.5. The number of nitrogens with one attached hydrogen (secondary N) is 1. The molecule has 0 unspecified atom stereocenters. The van der Waals surface area contributed by atoms with Gasteiger partial charge in [-0.3, -0.25) is 14.5 Å². The first kappa shape index (κ1) is 18.9. The minimum atomic E-state index is -1.64. The lowest BCUT2D eigenvalue weighted by atomic mass is 9.93. The molecular formula is C18H18F3N3O3. The Balaban J connectivity index is 1.83. The van der Waals surface area contributed by atoms with Gasteiger partial charge < -0.3 is 9.84 Å². The van der Waals surface area contributed by atoms with Crippen LogP contribution in [0.1, 0.15) is 39.4 Å². The largest absolute Gasteiger partial charge is 0.359 e. The number of amides is 2. The van der Waals surface area contributed by atoms with Gasteiger partial charge in [0.2, 0.25) is 11.8 Å². The standard InChI is InChI=1S/C18H18F3N3O3/c1-18(2,3)13-8-14(23-27-13)22-17(26)12-4-5-15(25)24(12)9-6-10(19)16(21)11(20)7-9/h6-8,12H,4-5H2,1-3H3,(H,22,23,26)/t12-/m0/s1. The second-order valence-corrected chi connectivity index (χ2v) is 7.36. The van der Waals surface area contributed by atoms with Crippen molar-refractivity contribution in [2.45, 2.75) is 45.1 Å². The van der Waals surface area contributed by atoms with E-state index in [0.717, 1.165) is 4.90 Å². The van der Waals surface area contributed by atoms with Crippen LogP contribution in [0.3, 0.4) is 0 Å². The van der Waals surface area contributed by atoms with E-state index in [2.05, 4.69) is 10.5 Å². The second-order valence-electron chi connectivity index (χ2n) is 7.36. The van der Waals surface area contributed by atoms with E-state index in [9.17, 15) is 22.8 Å². The van der Waals surface area contributed by atoms with Crippen LogP contribution in [-0.2, 0) is 15.0 Å². The van der Waals surface area contributed by atoms with E-state index < -0.39 is 35.3 Å². The van der Waals surface area contributed by atoms with Crippen LogP contribution in [0.25, 0.3) is 0 Å². The molecule has 2 amide bonds. The molecule has 0 aliphatic carbocycles. The summed E-state index contributed by atoms with van der Waals surface area (Å²) in [6, 6.07) is 1.94. The zero-order chi connectivity index (χ0) is 19.9. The third-order valence-corrected chi connectivity index (χ3v) is 4.26. The summed E-state index contributed by atoms with van der Waals surface area (Å²) in [6.45, 7) is 5.73. The van der Waals surface area contributed by atoms with Crippen molar-refractivity contribution >= 4 is 23.3 Å². The molecule has 1 aromatic carbocycles. The highest BCUT2D eigenvalue weighted by atomic mass is 19.2. The van der Waals surface area contributed by atoms with Crippen molar-refractivity contribution in [3.63, 3.8) is 0 Å². The normalized spacial score (nSPS) is 17.5. The molecule has 144 valence electrons. The molecule has 1 N–H and O–H groups in total. The molecule has 0 bridgehead atoms. The van der Waals surface area contributed by atoms with Gasteiger partial charge in [0.1, 0.15) is 11.8 Å². The van der Waals surface area contributed by atoms with Crippen LogP contribution < -0.4 is 10.2 Å². The Morgan fingerprint density at radius 1 is 1.22 bits per heavy atom. The lowest BCUT2D eigenvalue weighted by Gasteiger charge is -2.24. The van der Waals surface area contributed by atoms with Gasteiger partial charge in [-0.05, 0) is 6.42 Å². The second kappa shape index (κ2) is 6.71. The lowest BCUT2D eigenvalue weighted by Crippen LogP contribution is -2.42. The summed E-state index contributed by atoms with van der Waals surface area (Å²) in [5.74, 6) is -4.86. The number of benzene rings is 1. The van der Waals surface area contributed by atoms with Gasteiger partial charge >= 0.3 is 0 Å². The summed E-state index contributed by atoms with van der Waals surface area (Å²) in [6.07, 6.45) is 0.167. The molecule has 0 radical (unpaired) electrons. The van der Waals surface area contributed by atoms with Crippen molar-refractivity contribution in [3.8, 4) is 0 Å². The maximum Gasteiger partial charge on any atom is 0.248 e. The first-order valence-electron chi connectivity index (χ1n) is 8.32. The fourth-order valence-electron chi connectivity index (χ4n) is 2.83. The van der Waals surface area contributed by atoms with Crippen LogP contribution in [0.5, 0.6) is 0 Å². The van der Waals surface area contributed by atoms with Gasteiger partial charge in [-0.25, -0.2) is 13.2 Å². The van der Waals surface area contributed by atoms with Crippen molar-refractivity contribution in [1.29, 1.82) is 0 Å². The molecule has 1 aliphatic heterocycles. The molecule has 2 heterocycles. The first-order chi connectivity index (χ1) is 12.6. The van der Waals surface area contributed by atoms with E-state index in [1.165, 1.54) is 0 Å². The molecule has 6 nitrogen and oxygen atoms in total. The molecule has 0 saturated carbocycles. The number of aromatic nitrogens is 1. The predicted octanol–water partition coefficient (Wildman–Crippen LogP) is 3.52. The number of hydrogen-bond donors (Lipinski definition) is 1. The molecule has 1 fully saturated rings. The molecule has 1 aliphatic rings. The number of halogens is 3. The number of hydrogen-bond acceptors (Lipinski definition) is 4. The number of anilines is 2. The molecule has 1 aromatic heterocycles. The van der Waals surface area contributed by atoms with Crippen LogP contribution in [0.2, 0.25) is 0 Å². The molecule has 1 atom stereocenters. The predicted molar refractivity (Wildman–Crippen MR) is 90.7 cm³/mol. The van der Waals surface area contributed by atoms with Gasteiger partial charge in [-0.15, -0.1) is 0 Å². The number of carbonyl (C=O) groups is 2. The Morgan fingerprint density at radius 3 is 2.41 bits per heavy atom. The number of carbonyl (C=O) groups excluding carboxylic acids is 2. The zero-order valence-electron chi connectivity index (χ0n) is 15.0. The van der Waals surface area contributed by atoms with Gasteiger partial charge in [0, 0.05) is 30.0 Å². The van der Waals surface area contributed by atoms with E-state index in [1.807, 2.05) is 20.8 Å². The third kappa shape index (κ3) is 3.67. The Labute approximate surface area is 153 Å². The Morgan fingerprint density at radius 2 is 1.85 bits per heavy atom. The molecule has 2 aromatic rings. The number of rotatable bonds is 3. The third-order valence-electron chi connectivity index (χ3n) is 4.26. The summed E-state index contributed by atoms with van der Waals surface area (Å²) < 4.78 is 45.4. The van der Waals surface area contributed by atoms with Gasteiger partial charge in [-0.1, -0.05) is 25.9 Å². The van der Waals surface area contributed by atoms with E-state index in [4.69, 9.17) is 4.52 Å². The topological polar surface area (TPSA) is 75.4 Å². The van der Waals surface area contributed by atoms with Gasteiger partial charge in [0.25, 0.3) is 0 Å². The fraction of sp³-hybridized carbons (Fsp3) is 0.389. The van der Waals surface area contributed by atoms with E-state index in [1.54, 1.807) is 6.07 Å². The summed E-state index contributed by atoms with van der Waals surface area (Å²) in [5.41, 5.74) is -0.529. The van der Waals surface area contributed by atoms with E-state index in [0.29, 0.717) is 17.9 Å². The highest BCUT2D eigenvalue weighted by Gasteiger charge is 2.38. The highest BCUT2D eigenvalue weighted by molar-refractivity contribution is 6.07. The molecule has 0 spiro atoms. The monoisotopic (exact) mass is 381 g/mol. The van der Waals surface area contributed by atoms with Crippen molar-refractivity contribution in [3.05, 3.63) is 41.4 Å². The minimum Gasteiger partial charge on any atom is -0.359 e. The molecule has 27 heavy (non-hydrogen) atoms. The minimum absolute atomic E-state index is 0.0186. The van der Waals surface area contributed by atoms with Crippen LogP contribution in [0.4, 0.5) is 24.7 Å². The smallest absolute Gasteiger partial charge is 0.248 e. The average Bonchev–Trinajstić information content (AvgIpc) is 3.18. The highest BCUT2D eigenvalue weighted by Crippen LogP contribution is 2.30. The van der Waals surface area contributed by atoms with Crippen molar-refractivity contribution in [2.24, 2.45) is 0 Å². The molecule has 3 rings (SSSR count). The van der Waals surface area contributed by atoms with Crippen molar-refractivity contribution in [1.82, 2.24) is 5.16 Å². The SMILES string of the molecule is CC(C)(C)c1cc(NC(=O)[C@@H]2CCC(=O)N2c2cc(F)c(F)c(F)c2)no1. The summed E-state index contributed by atoms with van der Waals surface area (Å²) in [4.78, 5) is 25.7. The van der Waals surface area contributed by atoms with E-state index in [-0.39, 0.29) is 29.8 Å². The maximum atomic E-state index is 13.5. The Hall–Kier alpha value is -2.84. The van der Waals surface area contributed by atoms with Crippen molar-refractivity contribution in [2.75, 3.05) is 10.2 Å². The summed E-state index contributed by atoms with van der Waals surface area (Å²) in [7, 11) is 0.